The van der Waals surface area contributed by atoms with Gasteiger partial charge in [0.15, 0.2) is 5.76 Å². The fraction of sp³-hybridized carbons (Fsp3) is 0.143. The molecule has 0 aliphatic carbocycles. The van der Waals surface area contributed by atoms with Gasteiger partial charge in [-0.15, -0.1) is 0 Å². The van der Waals surface area contributed by atoms with Gasteiger partial charge < -0.3 is 14.8 Å². The molecule has 0 aliphatic rings. The number of hydrogen-bond donors (Lipinski definition) is 2. The molecule has 0 radical (unpaired) electrons. The van der Waals surface area contributed by atoms with Gasteiger partial charge in [-0.1, -0.05) is 11.6 Å². The number of carbonyl (C=O) groups excluding carboxylic acids is 1. The van der Waals surface area contributed by atoms with Crippen LogP contribution in [0.2, 0.25) is 0 Å². The number of rotatable bonds is 3. The third kappa shape index (κ3) is 2.82. The third-order valence-electron chi connectivity index (χ3n) is 2.62. The molecule has 2 rings (SSSR count). The summed E-state index contributed by atoms with van der Waals surface area (Å²) in [7, 11) is 0. The Labute approximate surface area is 109 Å². The minimum Gasteiger partial charge on any atom is -0.478 e. The molecule has 5 nitrogen and oxygen atoms in total. The highest BCUT2D eigenvalue weighted by Gasteiger charge is 2.15. The van der Waals surface area contributed by atoms with E-state index in [2.05, 4.69) is 5.32 Å². The zero-order valence-electron chi connectivity index (χ0n) is 10.6. The molecule has 0 aliphatic heterocycles. The lowest BCUT2D eigenvalue weighted by molar-refractivity contribution is 0.0698. The maximum atomic E-state index is 11.9. The van der Waals surface area contributed by atoms with Gasteiger partial charge in [0.2, 0.25) is 0 Å². The minimum atomic E-state index is -1.09. The summed E-state index contributed by atoms with van der Waals surface area (Å²) in [5, 5.41) is 11.6. The van der Waals surface area contributed by atoms with Crippen LogP contribution >= 0.6 is 0 Å². The van der Waals surface area contributed by atoms with E-state index < -0.39 is 11.9 Å². The first-order valence-corrected chi connectivity index (χ1v) is 5.69. The highest BCUT2D eigenvalue weighted by molar-refractivity contribution is 6.06. The summed E-state index contributed by atoms with van der Waals surface area (Å²) >= 11 is 0. The van der Waals surface area contributed by atoms with Crippen molar-refractivity contribution in [2.24, 2.45) is 0 Å². The van der Waals surface area contributed by atoms with Crippen LogP contribution in [0.5, 0.6) is 0 Å². The number of nitrogens with one attached hydrogen (secondary N) is 1. The fourth-order valence-electron chi connectivity index (χ4n) is 1.68. The highest BCUT2D eigenvalue weighted by Crippen LogP contribution is 2.19. The van der Waals surface area contributed by atoms with E-state index in [1.807, 2.05) is 0 Å². The fourth-order valence-corrected chi connectivity index (χ4v) is 1.68. The van der Waals surface area contributed by atoms with E-state index >= 15 is 0 Å². The van der Waals surface area contributed by atoms with Crippen molar-refractivity contribution in [3.63, 3.8) is 0 Å². The number of furan rings is 1. The number of aryl methyl sites for hydroxylation is 2. The summed E-state index contributed by atoms with van der Waals surface area (Å²) in [6, 6.07) is 8.01. The van der Waals surface area contributed by atoms with Crippen molar-refractivity contribution in [2.45, 2.75) is 13.8 Å². The number of hydrogen-bond acceptors (Lipinski definition) is 3. The van der Waals surface area contributed by atoms with Crippen LogP contribution in [-0.4, -0.2) is 17.0 Å². The number of carboxylic acid groups (broad SMARTS) is 1. The SMILES string of the molecule is Cc1ccc(NC(=O)c2ccc(C)o2)c(C(=O)O)c1. The molecule has 1 aromatic heterocycles. The molecule has 1 heterocycles. The average Bonchev–Trinajstić information content (AvgIpc) is 2.78. The van der Waals surface area contributed by atoms with Crippen LogP contribution in [0.1, 0.15) is 32.2 Å². The number of carbonyl (C=O) groups is 2. The van der Waals surface area contributed by atoms with E-state index in [-0.39, 0.29) is 17.0 Å². The van der Waals surface area contributed by atoms with Crippen LogP contribution in [0, 0.1) is 13.8 Å². The Morgan fingerprint density at radius 3 is 2.47 bits per heavy atom. The first-order chi connectivity index (χ1) is 8.97. The van der Waals surface area contributed by atoms with Crippen LogP contribution in [0.25, 0.3) is 0 Å². The van der Waals surface area contributed by atoms with Gasteiger partial charge in [-0.2, -0.15) is 0 Å². The monoisotopic (exact) mass is 259 g/mol. The van der Waals surface area contributed by atoms with Crippen LogP contribution in [0.15, 0.2) is 34.7 Å². The Morgan fingerprint density at radius 2 is 1.89 bits per heavy atom. The van der Waals surface area contributed by atoms with Crippen molar-refractivity contribution in [2.75, 3.05) is 5.32 Å². The lowest BCUT2D eigenvalue weighted by Gasteiger charge is -2.08. The molecule has 0 fully saturated rings. The quantitative estimate of drug-likeness (QED) is 0.888. The highest BCUT2D eigenvalue weighted by atomic mass is 16.4. The van der Waals surface area contributed by atoms with Crippen molar-refractivity contribution in [3.8, 4) is 0 Å². The minimum absolute atomic E-state index is 0.0524. The van der Waals surface area contributed by atoms with Gasteiger partial charge in [-0.3, -0.25) is 4.79 Å². The number of benzene rings is 1. The molecular weight excluding hydrogens is 246 g/mol. The van der Waals surface area contributed by atoms with Crippen molar-refractivity contribution < 1.29 is 19.1 Å². The summed E-state index contributed by atoms with van der Waals surface area (Å²) in [6.45, 7) is 3.51. The lowest BCUT2D eigenvalue weighted by atomic mass is 10.1. The number of amides is 1. The second-order valence-corrected chi connectivity index (χ2v) is 4.22. The van der Waals surface area contributed by atoms with Gasteiger partial charge >= 0.3 is 5.97 Å². The Morgan fingerprint density at radius 1 is 1.16 bits per heavy atom. The predicted octanol–water partition coefficient (Wildman–Crippen LogP) is 2.85. The molecule has 5 heteroatoms. The first kappa shape index (κ1) is 12.9. The number of aromatic carboxylic acids is 1. The van der Waals surface area contributed by atoms with Crippen molar-refractivity contribution in [1.29, 1.82) is 0 Å². The summed E-state index contributed by atoms with van der Waals surface area (Å²) in [5.74, 6) is -0.795. The van der Waals surface area contributed by atoms with Crippen molar-refractivity contribution in [1.82, 2.24) is 0 Å². The Kier molecular flexibility index (Phi) is 3.37. The zero-order valence-corrected chi connectivity index (χ0v) is 10.6. The molecule has 1 aromatic carbocycles. The normalized spacial score (nSPS) is 10.2. The zero-order chi connectivity index (χ0) is 14.0. The van der Waals surface area contributed by atoms with Gasteiger partial charge in [-0.05, 0) is 38.1 Å². The number of carboxylic acids is 1. The third-order valence-corrected chi connectivity index (χ3v) is 2.62. The van der Waals surface area contributed by atoms with Gasteiger partial charge in [-0.25, -0.2) is 4.79 Å². The smallest absolute Gasteiger partial charge is 0.337 e. The second-order valence-electron chi connectivity index (χ2n) is 4.22. The second kappa shape index (κ2) is 4.97. The Hall–Kier alpha value is -2.56. The molecule has 2 N–H and O–H groups in total. The molecule has 1 amide bonds. The van der Waals surface area contributed by atoms with Crippen LogP contribution in [0.3, 0.4) is 0 Å². The Balaban J connectivity index is 2.28. The maximum absolute atomic E-state index is 11.9. The largest absolute Gasteiger partial charge is 0.478 e. The van der Waals surface area contributed by atoms with Gasteiger partial charge in [0.05, 0.1) is 11.3 Å². The topological polar surface area (TPSA) is 79.5 Å². The molecule has 0 saturated carbocycles. The van der Waals surface area contributed by atoms with E-state index in [0.717, 1.165) is 5.56 Å². The van der Waals surface area contributed by atoms with Gasteiger partial charge in [0.25, 0.3) is 5.91 Å². The summed E-state index contributed by atoms with van der Waals surface area (Å²) in [5.41, 5.74) is 1.11. The van der Waals surface area contributed by atoms with E-state index in [4.69, 9.17) is 9.52 Å². The summed E-state index contributed by atoms with van der Waals surface area (Å²) in [6.07, 6.45) is 0. The molecule has 0 spiro atoms. The van der Waals surface area contributed by atoms with Gasteiger partial charge in [0.1, 0.15) is 5.76 Å². The van der Waals surface area contributed by atoms with E-state index in [1.54, 1.807) is 38.1 Å². The van der Waals surface area contributed by atoms with E-state index in [0.29, 0.717) is 5.76 Å². The molecule has 98 valence electrons. The molecule has 19 heavy (non-hydrogen) atoms. The van der Waals surface area contributed by atoms with Crippen molar-refractivity contribution >= 4 is 17.6 Å². The molecule has 0 atom stereocenters. The molecule has 0 bridgehead atoms. The standard InChI is InChI=1S/C14H13NO4/c1-8-3-5-11(10(7-8)14(17)18)15-13(16)12-6-4-9(2)19-12/h3-7H,1-2H3,(H,15,16)(H,17,18). The molecule has 0 saturated heterocycles. The average molecular weight is 259 g/mol. The van der Waals surface area contributed by atoms with Crippen LogP contribution in [0.4, 0.5) is 5.69 Å². The molecular formula is C14H13NO4. The van der Waals surface area contributed by atoms with Crippen LogP contribution < -0.4 is 5.32 Å². The van der Waals surface area contributed by atoms with E-state index in [1.165, 1.54) is 6.07 Å². The Bertz CT molecular complexity index is 643. The number of anilines is 1. The maximum Gasteiger partial charge on any atom is 0.337 e. The molecule has 0 unspecified atom stereocenters. The summed E-state index contributed by atoms with van der Waals surface area (Å²) in [4.78, 5) is 23.0. The summed E-state index contributed by atoms with van der Waals surface area (Å²) < 4.78 is 5.18. The molecule has 2 aromatic rings. The van der Waals surface area contributed by atoms with Crippen LogP contribution in [-0.2, 0) is 0 Å². The predicted molar refractivity (Wildman–Crippen MR) is 69.5 cm³/mol. The lowest BCUT2D eigenvalue weighted by Crippen LogP contribution is -2.14. The first-order valence-electron chi connectivity index (χ1n) is 5.69. The van der Waals surface area contributed by atoms with Gasteiger partial charge in [0, 0.05) is 0 Å². The van der Waals surface area contributed by atoms with Crippen molar-refractivity contribution in [3.05, 3.63) is 53.0 Å². The van der Waals surface area contributed by atoms with E-state index in [9.17, 15) is 9.59 Å².